The lowest BCUT2D eigenvalue weighted by atomic mass is 9.61. The van der Waals surface area contributed by atoms with Crippen LogP contribution in [0.25, 0.3) is 0 Å². The highest BCUT2D eigenvalue weighted by atomic mass is 15.0. The van der Waals surface area contributed by atoms with Crippen molar-refractivity contribution in [2.45, 2.75) is 80.3 Å². The van der Waals surface area contributed by atoms with Gasteiger partial charge in [-0.2, -0.15) is 0 Å². The molecule has 0 aliphatic heterocycles. The topological polar surface area (TPSA) is 12.0 Å². The van der Waals surface area contributed by atoms with E-state index in [-0.39, 0.29) is 16.4 Å². The Bertz CT molecular complexity index is 178. The number of rotatable bonds is 3. The Kier molecular flexibility index (Phi) is 4.44. The molecule has 0 aliphatic rings. The maximum atomic E-state index is 3.82. The van der Waals surface area contributed by atoms with Crippen LogP contribution in [-0.2, 0) is 0 Å². The minimum absolute atomic E-state index is 0.148. The molecule has 0 aliphatic carbocycles. The van der Waals surface area contributed by atoms with Gasteiger partial charge in [0.05, 0.1) is 0 Å². The molecule has 1 N–H and O–H groups in total. The van der Waals surface area contributed by atoms with Crippen molar-refractivity contribution in [3.63, 3.8) is 0 Å². The minimum Gasteiger partial charge on any atom is -0.308 e. The lowest BCUT2D eigenvalue weighted by Crippen LogP contribution is -2.62. The smallest absolute Gasteiger partial charge is 0.0252 e. The zero-order valence-corrected chi connectivity index (χ0v) is 12.3. The molecule has 0 bridgehead atoms. The molecule has 0 saturated carbocycles. The van der Waals surface area contributed by atoms with E-state index in [1.807, 2.05) is 0 Å². The molecule has 92 valence electrons. The van der Waals surface area contributed by atoms with Crippen molar-refractivity contribution in [2.75, 3.05) is 0 Å². The molecule has 0 saturated heterocycles. The second kappa shape index (κ2) is 4.45. The normalized spacial score (nSPS) is 16.6. The molecule has 0 aromatic carbocycles. The van der Waals surface area contributed by atoms with E-state index < -0.39 is 0 Å². The summed E-state index contributed by atoms with van der Waals surface area (Å²) in [7, 11) is 0. The molecule has 0 rings (SSSR count). The zero-order chi connectivity index (χ0) is 12.5. The van der Waals surface area contributed by atoms with E-state index in [1.165, 1.54) is 6.42 Å². The standard InChI is InChI=1S/C14H31N/c1-10-11(2)15-14(9,12(3,4)5)13(6,7)8/h11,15H,10H2,1-9H3. The molecule has 0 heterocycles. The molecule has 0 amide bonds. The van der Waals surface area contributed by atoms with Crippen LogP contribution < -0.4 is 5.32 Å². The molecule has 0 aromatic rings. The Morgan fingerprint density at radius 3 is 1.40 bits per heavy atom. The van der Waals surface area contributed by atoms with Crippen molar-refractivity contribution >= 4 is 0 Å². The molecular formula is C14H31N. The first-order valence-electron chi connectivity index (χ1n) is 6.23. The Labute approximate surface area is 97.0 Å². The van der Waals surface area contributed by atoms with Gasteiger partial charge in [-0.25, -0.2) is 0 Å². The molecule has 0 fully saturated rings. The quantitative estimate of drug-likeness (QED) is 0.740. The summed E-state index contributed by atoms with van der Waals surface area (Å²) < 4.78 is 0. The van der Waals surface area contributed by atoms with Crippen LogP contribution in [0.2, 0.25) is 0 Å². The van der Waals surface area contributed by atoms with E-state index in [0.717, 1.165) is 0 Å². The van der Waals surface area contributed by atoms with Crippen LogP contribution in [0.5, 0.6) is 0 Å². The van der Waals surface area contributed by atoms with E-state index in [0.29, 0.717) is 6.04 Å². The molecule has 0 radical (unpaired) electrons. The van der Waals surface area contributed by atoms with Crippen molar-refractivity contribution in [3.8, 4) is 0 Å². The van der Waals surface area contributed by atoms with Crippen LogP contribution in [0.3, 0.4) is 0 Å². The number of hydrogen-bond acceptors (Lipinski definition) is 1. The van der Waals surface area contributed by atoms with E-state index >= 15 is 0 Å². The van der Waals surface area contributed by atoms with Crippen molar-refractivity contribution in [3.05, 3.63) is 0 Å². The van der Waals surface area contributed by atoms with Gasteiger partial charge in [0.1, 0.15) is 0 Å². The third-order valence-electron chi connectivity index (χ3n) is 4.15. The number of hydrogen-bond donors (Lipinski definition) is 1. The molecular weight excluding hydrogens is 182 g/mol. The Hall–Kier alpha value is -0.0400. The van der Waals surface area contributed by atoms with Crippen LogP contribution in [0.1, 0.15) is 68.7 Å². The summed E-state index contributed by atoms with van der Waals surface area (Å²) in [6.07, 6.45) is 1.18. The van der Waals surface area contributed by atoms with Gasteiger partial charge in [-0.15, -0.1) is 0 Å². The van der Waals surface area contributed by atoms with E-state index in [2.05, 4.69) is 67.6 Å². The van der Waals surface area contributed by atoms with Crippen LogP contribution in [0.15, 0.2) is 0 Å². The molecule has 1 unspecified atom stereocenters. The predicted octanol–water partition coefficient (Wildman–Crippen LogP) is 4.23. The Morgan fingerprint density at radius 1 is 0.867 bits per heavy atom. The fourth-order valence-corrected chi connectivity index (χ4v) is 2.15. The maximum Gasteiger partial charge on any atom is 0.0252 e. The fraction of sp³-hybridized carbons (Fsp3) is 1.00. The van der Waals surface area contributed by atoms with E-state index in [9.17, 15) is 0 Å². The average molecular weight is 213 g/mol. The first-order chi connectivity index (χ1) is 6.45. The second-order valence-corrected chi connectivity index (χ2v) is 7.08. The fourth-order valence-electron chi connectivity index (χ4n) is 2.15. The van der Waals surface area contributed by atoms with Crippen molar-refractivity contribution in [1.29, 1.82) is 0 Å². The third kappa shape index (κ3) is 3.21. The van der Waals surface area contributed by atoms with Gasteiger partial charge in [0, 0.05) is 11.6 Å². The van der Waals surface area contributed by atoms with Crippen LogP contribution in [0.4, 0.5) is 0 Å². The van der Waals surface area contributed by atoms with Gasteiger partial charge < -0.3 is 5.32 Å². The largest absolute Gasteiger partial charge is 0.308 e. The summed E-state index contributed by atoms with van der Waals surface area (Å²) in [4.78, 5) is 0. The van der Waals surface area contributed by atoms with Crippen molar-refractivity contribution in [1.82, 2.24) is 5.32 Å². The van der Waals surface area contributed by atoms with E-state index in [4.69, 9.17) is 0 Å². The molecule has 0 aromatic heterocycles. The first kappa shape index (κ1) is 15.0. The summed E-state index contributed by atoms with van der Waals surface area (Å²) in [6.45, 7) is 20.8. The average Bonchev–Trinajstić information content (AvgIpc) is 1.99. The lowest BCUT2D eigenvalue weighted by Gasteiger charge is -2.53. The third-order valence-corrected chi connectivity index (χ3v) is 4.15. The van der Waals surface area contributed by atoms with Gasteiger partial charge >= 0.3 is 0 Å². The van der Waals surface area contributed by atoms with Gasteiger partial charge in [0.25, 0.3) is 0 Å². The SMILES string of the molecule is CCC(C)NC(C)(C(C)(C)C)C(C)(C)C. The second-order valence-electron chi connectivity index (χ2n) is 7.08. The van der Waals surface area contributed by atoms with E-state index in [1.54, 1.807) is 0 Å². The highest BCUT2D eigenvalue weighted by molar-refractivity contribution is 5.03. The van der Waals surface area contributed by atoms with Gasteiger partial charge in [-0.05, 0) is 31.1 Å². The zero-order valence-electron chi connectivity index (χ0n) is 12.3. The summed E-state index contributed by atoms with van der Waals surface area (Å²) >= 11 is 0. The number of nitrogens with one attached hydrogen (secondary N) is 1. The maximum absolute atomic E-state index is 3.82. The Morgan fingerprint density at radius 2 is 1.20 bits per heavy atom. The van der Waals surface area contributed by atoms with Gasteiger partial charge in [-0.3, -0.25) is 0 Å². The molecule has 1 heteroatoms. The summed E-state index contributed by atoms with van der Waals surface area (Å²) in [5.74, 6) is 0. The molecule has 0 spiro atoms. The first-order valence-corrected chi connectivity index (χ1v) is 6.23. The predicted molar refractivity (Wildman–Crippen MR) is 70.2 cm³/mol. The van der Waals surface area contributed by atoms with Gasteiger partial charge in [0.15, 0.2) is 0 Å². The van der Waals surface area contributed by atoms with Crippen LogP contribution >= 0.6 is 0 Å². The molecule has 1 nitrogen and oxygen atoms in total. The monoisotopic (exact) mass is 213 g/mol. The summed E-state index contributed by atoms with van der Waals surface area (Å²) in [6, 6.07) is 0.577. The lowest BCUT2D eigenvalue weighted by molar-refractivity contribution is 0.0283. The molecule has 15 heavy (non-hydrogen) atoms. The Balaban J connectivity index is 5.06. The summed E-state index contributed by atoms with van der Waals surface area (Å²) in [5, 5.41) is 3.82. The van der Waals surface area contributed by atoms with Crippen LogP contribution in [-0.4, -0.2) is 11.6 Å². The highest BCUT2D eigenvalue weighted by Crippen LogP contribution is 2.43. The van der Waals surface area contributed by atoms with Crippen molar-refractivity contribution in [2.24, 2.45) is 10.8 Å². The van der Waals surface area contributed by atoms with Crippen LogP contribution in [0, 0.1) is 10.8 Å². The minimum atomic E-state index is 0.148. The molecule has 1 atom stereocenters. The van der Waals surface area contributed by atoms with Gasteiger partial charge in [0.2, 0.25) is 0 Å². The summed E-state index contributed by atoms with van der Waals surface area (Å²) in [5.41, 5.74) is 0.665. The van der Waals surface area contributed by atoms with Gasteiger partial charge in [-0.1, -0.05) is 48.5 Å². The highest BCUT2D eigenvalue weighted by Gasteiger charge is 2.46. The van der Waals surface area contributed by atoms with Crippen molar-refractivity contribution < 1.29 is 0 Å².